The van der Waals surface area contributed by atoms with Crippen molar-refractivity contribution in [2.75, 3.05) is 0 Å². The summed E-state index contributed by atoms with van der Waals surface area (Å²) in [5, 5.41) is 0. The van der Waals surface area contributed by atoms with E-state index in [1.807, 2.05) is 0 Å². The molecular weight excluding hydrogens is 282 g/mol. The zero-order valence-electron chi connectivity index (χ0n) is 12.1. The maximum absolute atomic E-state index is 14.2. The molecule has 1 nitrogen and oxygen atoms in total. The third-order valence-corrected chi connectivity index (χ3v) is 4.60. The normalized spacial score (nSPS) is 24.9. The lowest BCUT2D eigenvalue weighted by Gasteiger charge is -2.33. The Kier molecular flexibility index (Phi) is 4.91. The Morgan fingerprint density at radius 1 is 1.29 bits per heavy atom. The number of hydrogen-bond acceptors (Lipinski definition) is 1. The molecule has 0 aliphatic heterocycles. The molecule has 1 saturated carbocycles. The fourth-order valence-electron chi connectivity index (χ4n) is 3.31. The van der Waals surface area contributed by atoms with E-state index in [9.17, 15) is 17.6 Å². The summed E-state index contributed by atoms with van der Waals surface area (Å²) >= 11 is 0. The Morgan fingerprint density at radius 3 is 2.62 bits per heavy atom. The molecule has 5 heteroatoms. The van der Waals surface area contributed by atoms with E-state index in [-0.39, 0.29) is 11.5 Å². The molecule has 21 heavy (non-hydrogen) atoms. The highest BCUT2D eigenvalue weighted by Gasteiger charge is 2.36. The van der Waals surface area contributed by atoms with Gasteiger partial charge >= 0.3 is 6.18 Å². The summed E-state index contributed by atoms with van der Waals surface area (Å²) < 4.78 is 52.5. The molecule has 1 aromatic carbocycles. The highest BCUT2D eigenvalue weighted by Crippen LogP contribution is 2.40. The molecule has 0 saturated heterocycles. The highest BCUT2D eigenvalue weighted by molar-refractivity contribution is 5.30. The molecule has 0 heterocycles. The third-order valence-electron chi connectivity index (χ3n) is 4.60. The van der Waals surface area contributed by atoms with Crippen LogP contribution in [-0.4, -0.2) is 0 Å². The summed E-state index contributed by atoms with van der Waals surface area (Å²) in [6.45, 7) is 2.10. The van der Waals surface area contributed by atoms with Crippen LogP contribution in [0.4, 0.5) is 17.6 Å². The van der Waals surface area contributed by atoms with Gasteiger partial charge in [-0.05, 0) is 30.7 Å². The van der Waals surface area contributed by atoms with E-state index >= 15 is 0 Å². The van der Waals surface area contributed by atoms with E-state index in [4.69, 9.17) is 5.73 Å². The molecular formula is C16H21F4N. The van der Waals surface area contributed by atoms with Gasteiger partial charge in [0.1, 0.15) is 5.82 Å². The number of alkyl halides is 3. The van der Waals surface area contributed by atoms with Crippen molar-refractivity contribution in [1.29, 1.82) is 0 Å². The second-order valence-electron chi connectivity index (χ2n) is 5.93. The number of hydrogen-bond donors (Lipinski definition) is 1. The fourth-order valence-corrected chi connectivity index (χ4v) is 3.31. The van der Waals surface area contributed by atoms with Crippen molar-refractivity contribution in [1.82, 2.24) is 0 Å². The van der Waals surface area contributed by atoms with Crippen LogP contribution < -0.4 is 5.73 Å². The zero-order chi connectivity index (χ0) is 15.6. The second-order valence-corrected chi connectivity index (χ2v) is 5.93. The number of rotatable bonds is 3. The molecule has 0 radical (unpaired) electrons. The minimum Gasteiger partial charge on any atom is -0.324 e. The van der Waals surface area contributed by atoms with Crippen LogP contribution in [0.3, 0.4) is 0 Å². The standard InChI is InChI=1S/C16H21F4N/c1-2-10-5-3-6-11(9-10)15(21)12-7-4-8-13(14(12)17)16(18,19)20/h4,7-8,10-11,15H,2-3,5-6,9,21H2,1H3. The van der Waals surface area contributed by atoms with Crippen LogP contribution in [0.1, 0.15) is 56.2 Å². The van der Waals surface area contributed by atoms with Crippen molar-refractivity contribution in [2.24, 2.45) is 17.6 Å². The van der Waals surface area contributed by atoms with Gasteiger partial charge in [0.25, 0.3) is 0 Å². The van der Waals surface area contributed by atoms with Gasteiger partial charge in [-0.15, -0.1) is 0 Å². The summed E-state index contributed by atoms with van der Waals surface area (Å²) in [5.41, 5.74) is 4.86. The van der Waals surface area contributed by atoms with Crippen LogP contribution in [-0.2, 0) is 6.18 Å². The number of nitrogens with two attached hydrogens (primary N) is 1. The Bertz CT molecular complexity index is 484. The maximum atomic E-state index is 14.2. The average Bonchev–Trinajstić information content (AvgIpc) is 2.45. The highest BCUT2D eigenvalue weighted by atomic mass is 19.4. The molecule has 0 amide bonds. The number of benzene rings is 1. The molecule has 1 aromatic rings. The first-order valence-corrected chi connectivity index (χ1v) is 7.45. The largest absolute Gasteiger partial charge is 0.419 e. The Morgan fingerprint density at radius 2 is 2.00 bits per heavy atom. The van der Waals surface area contributed by atoms with Gasteiger partial charge in [0.05, 0.1) is 5.56 Å². The maximum Gasteiger partial charge on any atom is 0.419 e. The summed E-state index contributed by atoms with van der Waals surface area (Å²) in [7, 11) is 0. The molecule has 0 aromatic heterocycles. The van der Waals surface area contributed by atoms with Gasteiger partial charge in [-0.25, -0.2) is 4.39 Å². The van der Waals surface area contributed by atoms with Crippen molar-refractivity contribution in [3.63, 3.8) is 0 Å². The van der Waals surface area contributed by atoms with Gasteiger partial charge in [0.15, 0.2) is 0 Å². The molecule has 0 spiro atoms. The van der Waals surface area contributed by atoms with Gasteiger partial charge in [-0.2, -0.15) is 13.2 Å². The predicted molar refractivity (Wildman–Crippen MR) is 74.1 cm³/mol. The lowest BCUT2D eigenvalue weighted by Crippen LogP contribution is -2.28. The Balaban J connectivity index is 2.25. The van der Waals surface area contributed by atoms with E-state index < -0.39 is 23.6 Å². The van der Waals surface area contributed by atoms with Crippen LogP contribution in [0.25, 0.3) is 0 Å². The topological polar surface area (TPSA) is 26.0 Å². The monoisotopic (exact) mass is 303 g/mol. The molecule has 2 rings (SSSR count). The molecule has 3 unspecified atom stereocenters. The van der Waals surface area contributed by atoms with Crippen LogP contribution in [0.2, 0.25) is 0 Å². The second kappa shape index (κ2) is 6.34. The van der Waals surface area contributed by atoms with Crippen LogP contribution in [0.15, 0.2) is 18.2 Å². The van der Waals surface area contributed by atoms with Crippen LogP contribution in [0.5, 0.6) is 0 Å². The average molecular weight is 303 g/mol. The van der Waals surface area contributed by atoms with Gasteiger partial charge in [-0.1, -0.05) is 38.3 Å². The van der Waals surface area contributed by atoms with E-state index in [1.165, 1.54) is 12.1 Å². The zero-order valence-corrected chi connectivity index (χ0v) is 12.1. The quantitative estimate of drug-likeness (QED) is 0.776. The van der Waals surface area contributed by atoms with E-state index in [0.717, 1.165) is 38.2 Å². The fraction of sp³-hybridized carbons (Fsp3) is 0.625. The molecule has 1 aliphatic carbocycles. The van der Waals surface area contributed by atoms with E-state index in [1.54, 1.807) is 0 Å². The molecule has 0 bridgehead atoms. The van der Waals surface area contributed by atoms with Crippen molar-refractivity contribution in [3.05, 3.63) is 35.1 Å². The first-order chi connectivity index (χ1) is 9.84. The Hall–Kier alpha value is -1.10. The van der Waals surface area contributed by atoms with Crippen molar-refractivity contribution in [2.45, 2.75) is 51.2 Å². The first kappa shape index (κ1) is 16.3. The minimum atomic E-state index is -4.68. The van der Waals surface area contributed by atoms with Crippen molar-refractivity contribution >= 4 is 0 Å². The molecule has 2 N–H and O–H groups in total. The molecule has 1 fully saturated rings. The van der Waals surface area contributed by atoms with Gasteiger partial charge in [-0.3, -0.25) is 0 Å². The smallest absolute Gasteiger partial charge is 0.324 e. The molecule has 3 atom stereocenters. The van der Waals surface area contributed by atoms with Crippen LogP contribution in [0, 0.1) is 17.7 Å². The summed E-state index contributed by atoms with van der Waals surface area (Å²) in [6.07, 6.45) is 0.218. The summed E-state index contributed by atoms with van der Waals surface area (Å²) in [5.74, 6) is -0.610. The lowest BCUT2D eigenvalue weighted by atomic mass is 9.75. The van der Waals surface area contributed by atoms with Crippen molar-refractivity contribution in [3.8, 4) is 0 Å². The van der Waals surface area contributed by atoms with Crippen molar-refractivity contribution < 1.29 is 17.6 Å². The van der Waals surface area contributed by atoms with Gasteiger partial charge in [0.2, 0.25) is 0 Å². The van der Waals surface area contributed by atoms with E-state index in [0.29, 0.717) is 5.92 Å². The van der Waals surface area contributed by atoms with Gasteiger partial charge in [0, 0.05) is 11.6 Å². The minimum absolute atomic E-state index is 0.00780. The summed E-state index contributed by atoms with van der Waals surface area (Å²) in [4.78, 5) is 0. The first-order valence-electron chi connectivity index (χ1n) is 7.45. The third kappa shape index (κ3) is 3.57. The number of halogens is 4. The van der Waals surface area contributed by atoms with Crippen LogP contribution >= 0.6 is 0 Å². The van der Waals surface area contributed by atoms with Gasteiger partial charge < -0.3 is 5.73 Å². The molecule has 118 valence electrons. The summed E-state index contributed by atoms with van der Waals surface area (Å²) in [6, 6.07) is 2.72. The lowest BCUT2D eigenvalue weighted by molar-refractivity contribution is -0.140. The van der Waals surface area contributed by atoms with E-state index in [2.05, 4.69) is 6.92 Å². The predicted octanol–water partition coefficient (Wildman–Crippen LogP) is 5.06. The Labute approximate surface area is 122 Å². The SMILES string of the molecule is CCC1CCCC(C(N)c2cccc(C(F)(F)F)c2F)C1. The molecule has 1 aliphatic rings.